The number of rotatable bonds is 2. The third-order valence-electron chi connectivity index (χ3n) is 4.33. The zero-order valence-electron chi connectivity index (χ0n) is 12.4. The molecule has 0 aromatic heterocycles. The third-order valence-corrected chi connectivity index (χ3v) is 4.33. The van der Waals surface area contributed by atoms with E-state index < -0.39 is 12.0 Å². The summed E-state index contributed by atoms with van der Waals surface area (Å²) in [6.07, 6.45) is 1.53. The second-order valence-electron chi connectivity index (χ2n) is 5.57. The van der Waals surface area contributed by atoms with Gasteiger partial charge in [0.2, 0.25) is 0 Å². The summed E-state index contributed by atoms with van der Waals surface area (Å²) >= 11 is 0. The van der Waals surface area contributed by atoms with Gasteiger partial charge in [-0.15, -0.1) is 0 Å². The Morgan fingerprint density at radius 1 is 1.18 bits per heavy atom. The number of hydrogen-bond donors (Lipinski definition) is 1. The third kappa shape index (κ3) is 2.50. The molecule has 2 unspecified atom stereocenters. The molecule has 1 aliphatic rings. The van der Waals surface area contributed by atoms with Crippen molar-refractivity contribution in [3.63, 3.8) is 0 Å². The van der Waals surface area contributed by atoms with Crippen molar-refractivity contribution in [1.82, 2.24) is 0 Å². The summed E-state index contributed by atoms with van der Waals surface area (Å²) in [5, 5.41) is 0. The summed E-state index contributed by atoms with van der Waals surface area (Å²) in [5.41, 5.74) is 10.1. The number of benzene rings is 2. The first kappa shape index (κ1) is 14.7. The molecule has 2 aromatic rings. The van der Waals surface area contributed by atoms with Crippen LogP contribution in [-0.4, -0.2) is 19.1 Å². The van der Waals surface area contributed by atoms with Crippen LogP contribution in [0.5, 0.6) is 0 Å². The Morgan fingerprint density at radius 3 is 2.64 bits per heavy atom. The maximum Gasteiger partial charge on any atom is 0.323 e. The molecule has 4 heteroatoms. The van der Waals surface area contributed by atoms with Crippen molar-refractivity contribution >= 4 is 5.97 Å². The fraction of sp³-hybridized carbons (Fsp3) is 0.278. The first-order valence-electron chi connectivity index (χ1n) is 7.31. The van der Waals surface area contributed by atoms with Crippen molar-refractivity contribution in [2.75, 3.05) is 7.11 Å². The van der Waals surface area contributed by atoms with Crippen LogP contribution in [0, 0.1) is 5.82 Å². The van der Waals surface area contributed by atoms with E-state index in [-0.39, 0.29) is 11.7 Å². The van der Waals surface area contributed by atoms with Crippen LogP contribution in [0.15, 0.2) is 42.5 Å². The van der Waals surface area contributed by atoms with Gasteiger partial charge in [0.25, 0.3) is 0 Å². The van der Waals surface area contributed by atoms with Crippen molar-refractivity contribution in [2.24, 2.45) is 5.73 Å². The van der Waals surface area contributed by atoms with Gasteiger partial charge in [-0.05, 0) is 47.2 Å². The molecule has 3 rings (SSSR count). The quantitative estimate of drug-likeness (QED) is 0.867. The fourth-order valence-corrected chi connectivity index (χ4v) is 3.26. The van der Waals surface area contributed by atoms with Gasteiger partial charge < -0.3 is 10.5 Å². The lowest BCUT2D eigenvalue weighted by molar-refractivity contribution is -0.142. The van der Waals surface area contributed by atoms with E-state index in [9.17, 15) is 9.18 Å². The van der Waals surface area contributed by atoms with Crippen LogP contribution in [0.4, 0.5) is 4.39 Å². The van der Waals surface area contributed by atoms with E-state index in [1.165, 1.54) is 19.2 Å². The fourth-order valence-electron chi connectivity index (χ4n) is 3.26. The largest absolute Gasteiger partial charge is 0.468 e. The van der Waals surface area contributed by atoms with Crippen molar-refractivity contribution < 1.29 is 13.9 Å². The molecular formula is C18H18FNO2. The number of carbonyl (C=O) groups excluding carboxylic acids is 1. The molecule has 1 aliphatic carbocycles. The molecule has 0 radical (unpaired) electrons. The number of methoxy groups -OCH3 is 1. The number of esters is 1. The second kappa shape index (κ2) is 5.89. The highest BCUT2D eigenvalue weighted by Gasteiger charge is 2.33. The summed E-state index contributed by atoms with van der Waals surface area (Å²) < 4.78 is 18.4. The van der Waals surface area contributed by atoms with Crippen molar-refractivity contribution in [1.29, 1.82) is 0 Å². The molecule has 2 N–H and O–H groups in total. The van der Waals surface area contributed by atoms with Crippen LogP contribution in [0.25, 0.3) is 0 Å². The molecule has 0 aliphatic heterocycles. The first-order valence-corrected chi connectivity index (χ1v) is 7.31. The minimum Gasteiger partial charge on any atom is -0.468 e. The van der Waals surface area contributed by atoms with E-state index in [4.69, 9.17) is 10.5 Å². The van der Waals surface area contributed by atoms with Gasteiger partial charge in [0.15, 0.2) is 0 Å². The van der Waals surface area contributed by atoms with Crippen LogP contribution in [0.2, 0.25) is 0 Å². The SMILES string of the molecule is COC(=O)C(N)C1c2ccccc2CCc2cc(F)ccc21. The van der Waals surface area contributed by atoms with Gasteiger partial charge >= 0.3 is 5.97 Å². The highest BCUT2D eigenvalue weighted by Crippen LogP contribution is 2.36. The van der Waals surface area contributed by atoms with Gasteiger partial charge in [0.05, 0.1) is 7.11 Å². The van der Waals surface area contributed by atoms with Gasteiger partial charge in [0, 0.05) is 5.92 Å². The smallest absolute Gasteiger partial charge is 0.323 e. The Balaban J connectivity index is 2.19. The first-order chi connectivity index (χ1) is 10.6. The number of aryl methyl sites for hydroxylation is 2. The number of nitrogens with two attached hydrogens (primary N) is 1. The summed E-state index contributed by atoms with van der Waals surface area (Å²) in [6, 6.07) is 11.8. The summed E-state index contributed by atoms with van der Waals surface area (Å²) in [4.78, 5) is 12.0. The molecule has 0 bridgehead atoms. The van der Waals surface area contributed by atoms with E-state index in [0.29, 0.717) is 0 Å². The Hall–Kier alpha value is -2.20. The Labute approximate surface area is 128 Å². The average molecular weight is 299 g/mol. The topological polar surface area (TPSA) is 52.3 Å². The Morgan fingerprint density at radius 2 is 1.86 bits per heavy atom. The molecule has 114 valence electrons. The molecule has 0 fully saturated rings. The van der Waals surface area contributed by atoms with Gasteiger partial charge in [-0.3, -0.25) is 4.79 Å². The zero-order valence-corrected chi connectivity index (χ0v) is 12.4. The molecule has 22 heavy (non-hydrogen) atoms. The molecule has 2 aromatic carbocycles. The number of hydrogen-bond acceptors (Lipinski definition) is 3. The maximum absolute atomic E-state index is 13.6. The molecule has 3 nitrogen and oxygen atoms in total. The normalized spacial score (nSPS) is 17.9. The minimum atomic E-state index is -0.812. The number of fused-ring (bicyclic) bond motifs is 2. The summed E-state index contributed by atoms with van der Waals surface area (Å²) in [7, 11) is 1.33. The average Bonchev–Trinajstić information content (AvgIpc) is 2.70. The van der Waals surface area contributed by atoms with Gasteiger partial charge in [-0.1, -0.05) is 30.3 Å². The lowest BCUT2D eigenvalue weighted by Crippen LogP contribution is -2.38. The van der Waals surface area contributed by atoms with Gasteiger partial charge in [-0.2, -0.15) is 0 Å². The molecule has 2 atom stereocenters. The molecule has 0 spiro atoms. The van der Waals surface area contributed by atoms with E-state index >= 15 is 0 Å². The van der Waals surface area contributed by atoms with Crippen LogP contribution < -0.4 is 5.73 Å². The standard InChI is InChI=1S/C18H18FNO2/c1-22-18(21)17(20)16-14-5-3-2-4-11(14)6-7-12-10-13(19)8-9-15(12)16/h2-5,8-10,16-17H,6-7,20H2,1H3. The van der Waals surface area contributed by atoms with E-state index in [1.54, 1.807) is 6.07 Å². The number of halogens is 1. The molecular weight excluding hydrogens is 281 g/mol. The lowest BCUT2D eigenvalue weighted by atomic mass is 9.83. The molecule has 0 heterocycles. The molecule has 0 amide bonds. The summed E-state index contributed by atoms with van der Waals surface area (Å²) in [5.74, 6) is -1.05. The van der Waals surface area contributed by atoms with Gasteiger partial charge in [0.1, 0.15) is 11.9 Å². The summed E-state index contributed by atoms with van der Waals surface area (Å²) in [6.45, 7) is 0. The highest BCUT2D eigenvalue weighted by molar-refractivity contribution is 5.78. The Bertz CT molecular complexity index is 714. The van der Waals surface area contributed by atoms with Crippen LogP contribution >= 0.6 is 0 Å². The van der Waals surface area contributed by atoms with E-state index in [0.717, 1.165) is 35.1 Å². The number of carbonyl (C=O) groups is 1. The second-order valence-corrected chi connectivity index (χ2v) is 5.57. The van der Waals surface area contributed by atoms with Crippen LogP contribution in [-0.2, 0) is 22.4 Å². The van der Waals surface area contributed by atoms with Crippen molar-refractivity contribution in [3.8, 4) is 0 Å². The minimum absolute atomic E-state index is 0.268. The predicted octanol–water partition coefficient (Wildman–Crippen LogP) is 2.56. The van der Waals surface area contributed by atoms with Crippen molar-refractivity contribution in [3.05, 3.63) is 70.5 Å². The molecule has 0 saturated heterocycles. The zero-order chi connectivity index (χ0) is 15.7. The van der Waals surface area contributed by atoms with Crippen LogP contribution in [0.1, 0.15) is 28.2 Å². The predicted molar refractivity (Wildman–Crippen MR) is 82.1 cm³/mol. The van der Waals surface area contributed by atoms with Gasteiger partial charge in [-0.25, -0.2) is 4.39 Å². The highest BCUT2D eigenvalue weighted by atomic mass is 19.1. The molecule has 0 saturated carbocycles. The monoisotopic (exact) mass is 299 g/mol. The van der Waals surface area contributed by atoms with E-state index in [1.807, 2.05) is 24.3 Å². The van der Waals surface area contributed by atoms with E-state index in [2.05, 4.69) is 0 Å². The van der Waals surface area contributed by atoms with Crippen LogP contribution in [0.3, 0.4) is 0 Å². The number of ether oxygens (including phenoxy) is 1. The lowest BCUT2D eigenvalue weighted by Gasteiger charge is -2.24. The Kier molecular flexibility index (Phi) is 3.94. The van der Waals surface area contributed by atoms with Crippen molar-refractivity contribution in [2.45, 2.75) is 24.8 Å². The maximum atomic E-state index is 13.6.